The van der Waals surface area contributed by atoms with Gasteiger partial charge in [-0.2, -0.15) is 0 Å². The zero-order chi connectivity index (χ0) is 17.3. The SMILES string of the molecule is Clc1ncc2c(n1)sc1cc3c4ccccc4c4ccccc4c3cc12. The lowest BCUT2D eigenvalue weighted by atomic mass is 9.93. The molecule has 0 bridgehead atoms. The molecule has 0 aliphatic rings. The number of hydrogen-bond donors (Lipinski definition) is 0. The van der Waals surface area contributed by atoms with Crippen molar-refractivity contribution in [2.45, 2.75) is 0 Å². The molecule has 0 unspecified atom stereocenters. The minimum absolute atomic E-state index is 0.296. The summed E-state index contributed by atoms with van der Waals surface area (Å²) in [6.45, 7) is 0. The van der Waals surface area contributed by atoms with Crippen molar-refractivity contribution in [2.24, 2.45) is 0 Å². The Balaban J connectivity index is 1.93. The summed E-state index contributed by atoms with van der Waals surface area (Å²) in [6.07, 6.45) is 1.83. The Morgan fingerprint density at radius 3 is 1.88 bits per heavy atom. The summed E-state index contributed by atoms with van der Waals surface area (Å²) in [4.78, 5) is 9.52. The van der Waals surface area contributed by atoms with Crippen molar-refractivity contribution in [2.75, 3.05) is 0 Å². The normalized spacial score (nSPS) is 12.0. The van der Waals surface area contributed by atoms with E-state index in [2.05, 4.69) is 70.6 Å². The van der Waals surface area contributed by atoms with E-state index in [1.165, 1.54) is 42.4 Å². The molecule has 122 valence electrons. The number of aromatic nitrogens is 2. The second-order valence-corrected chi connectivity index (χ2v) is 7.81. The summed E-state index contributed by atoms with van der Waals surface area (Å²) in [7, 11) is 0. The summed E-state index contributed by atoms with van der Waals surface area (Å²) in [6, 6.07) is 21.8. The van der Waals surface area contributed by atoms with Crippen LogP contribution < -0.4 is 0 Å². The largest absolute Gasteiger partial charge is 0.226 e. The molecule has 2 nitrogen and oxygen atoms in total. The molecule has 0 N–H and O–H groups in total. The van der Waals surface area contributed by atoms with Crippen molar-refractivity contribution in [3.8, 4) is 0 Å². The highest BCUT2D eigenvalue weighted by molar-refractivity contribution is 7.25. The van der Waals surface area contributed by atoms with E-state index in [9.17, 15) is 0 Å². The molecule has 2 aromatic heterocycles. The third kappa shape index (κ3) is 1.87. The fourth-order valence-electron chi connectivity index (χ4n) is 3.94. The number of hydrogen-bond acceptors (Lipinski definition) is 3. The second kappa shape index (κ2) is 5.13. The number of benzene rings is 4. The molecule has 0 saturated carbocycles. The molecular formula is C22H11ClN2S. The van der Waals surface area contributed by atoms with E-state index in [1.807, 2.05) is 6.20 Å². The molecule has 0 saturated heterocycles. The number of rotatable bonds is 0. The maximum absolute atomic E-state index is 5.99. The monoisotopic (exact) mass is 370 g/mol. The van der Waals surface area contributed by atoms with Gasteiger partial charge < -0.3 is 0 Å². The smallest absolute Gasteiger partial charge is 0.223 e. The lowest BCUT2D eigenvalue weighted by molar-refractivity contribution is 1.24. The Kier molecular flexibility index (Phi) is 2.85. The standard InChI is InChI=1S/C22H11ClN2S/c23-22-24-11-19-18-9-16-14-7-3-1-5-12(14)13-6-2-4-8-15(13)17(16)10-20(18)26-21(19)25-22/h1-11H. The van der Waals surface area contributed by atoms with E-state index < -0.39 is 0 Å². The van der Waals surface area contributed by atoms with Crippen LogP contribution in [0.3, 0.4) is 0 Å². The Morgan fingerprint density at radius 1 is 0.654 bits per heavy atom. The second-order valence-electron chi connectivity index (χ2n) is 6.45. The first kappa shape index (κ1) is 14.4. The summed E-state index contributed by atoms with van der Waals surface area (Å²) >= 11 is 7.66. The maximum Gasteiger partial charge on any atom is 0.223 e. The highest BCUT2D eigenvalue weighted by Gasteiger charge is 2.13. The molecule has 4 aromatic carbocycles. The summed E-state index contributed by atoms with van der Waals surface area (Å²) in [5.41, 5.74) is 0. The Bertz CT molecular complexity index is 1500. The zero-order valence-electron chi connectivity index (χ0n) is 13.5. The predicted molar refractivity (Wildman–Crippen MR) is 112 cm³/mol. The molecule has 0 spiro atoms. The van der Waals surface area contributed by atoms with E-state index in [0.29, 0.717) is 5.28 Å². The quantitative estimate of drug-likeness (QED) is 0.213. The van der Waals surface area contributed by atoms with Crippen molar-refractivity contribution in [3.63, 3.8) is 0 Å². The third-order valence-corrected chi connectivity index (χ3v) is 6.31. The third-order valence-electron chi connectivity index (χ3n) is 5.07. The van der Waals surface area contributed by atoms with Crippen LogP contribution in [0, 0.1) is 0 Å². The van der Waals surface area contributed by atoms with Crippen molar-refractivity contribution >= 4 is 75.6 Å². The maximum atomic E-state index is 5.99. The van der Waals surface area contributed by atoms with Gasteiger partial charge in [-0.3, -0.25) is 0 Å². The van der Waals surface area contributed by atoms with Gasteiger partial charge in [-0.1, -0.05) is 48.5 Å². The predicted octanol–water partition coefficient (Wildman–Crippen LogP) is 6.96. The van der Waals surface area contributed by atoms with Gasteiger partial charge in [-0.05, 0) is 56.1 Å². The average molecular weight is 371 g/mol. The lowest BCUT2D eigenvalue weighted by Gasteiger charge is -2.10. The lowest BCUT2D eigenvalue weighted by Crippen LogP contribution is -1.83. The molecule has 26 heavy (non-hydrogen) atoms. The Hall–Kier alpha value is -2.75. The van der Waals surface area contributed by atoms with Gasteiger partial charge >= 0.3 is 0 Å². The van der Waals surface area contributed by atoms with Gasteiger partial charge in [0, 0.05) is 21.7 Å². The van der Waals surface area contributed by atoms with Crippen molar-refractivity contribution < 1.29 is 0 Å². The number of fused-ring (bicyclic) bond motifs is 9. The van der Waals surface area contributed by atoms with Gasteiger partial charge in [0.2, 0.25) is 5.28 Å². The van der Waals surface area contributed by atoms with E-state index in [1.54, 1.807) is 11.3 Å². The molecule has 0 amide bonds. The summed E-state index contributed by atoms with van der Waals surface area (Å²) in [5, 5.41) is 10.2. The topological polar surface area (TPSA) is 25.8 Å². The van der Waals surface area contributed by atoms with Crippen molar-refractivity contribution in [3.05, 3.63) is 72.1 Å². The fraction of sp³-hybridized carbons (Fsp3) is 0. The molecule has 0 aliphatic heterocycles. The minimum atomic E-state index is 0.296. The van der Waals surface area contributed by atoms with Crippen LogP contribution in [0.4, 0.5) is 0 Å². The molecule has 0 radical (unpaired) electrons. The first-order valence-corrected chi connectivity index (χ1v) is 9.57. The molecule has 0 aliphatic carbocycles. The Morgan fingerprint density at radius 2 is 1.23 bits per heavy atom. The van der Waals surface area contributed by atoms with Gasteiger partial charge in [0.05, 0.1) is 0 Å². The molecule has 6 rings (SSSR count). The number of thiophene rings is 1. The van der Waals surface area contributed by atoms with E-state index >= 15 is 0 Å². The van der Waals surface area contributed by atoms with Crippen LogP contribution in [-0.2, 0) is 0 Å². The molecule has 4 heteroatoms. The first-order valence-electron chi connectivity index (χ1n) is 8.37. The van der Waals surface area contributed by atoms with Crippen molar-refractivity contribution in [1.29, 1.82) is 0 Å². The number of nitrogens with zero attached hydrogens (tertiary/aromatic N) is 2. The van der Waals surface area contributed by atoms with Gasteiger partial charge in [0.25, 0.3) is 0 Å². The summed E-state index contributed by atoms with van der Waals surface area (Å²) in [5.74, 6) is 0. The van der Waals surface area contributed by atoms with E-state index in [0.717, 1.165) is 10.2 Å². The van der Waals surface area contributed by atoms with Crippen molar-refractivity contribution in [1.82, 2.24) is 9.97 Å². The molecular weight excluding hydrogens is 360 g/mol. The van der Waals surface area contributed by atoms with Gasteiger partial charge in [0.1, 0.15) is 4.83 Å². The molecule has 2 heterocycles. The fourth-order valence-corrected chi connectivity index (χ4v) is 5.19. The van der Waals surface area contributed by atoms with Gasteiger partial charge in [-0.15, -0.1) is 11.3 Å². The highest BCUT2D eigenvalue weighted by Crippen LogP contribution is 2.41. The Labute approximate surface area is 157 Å². The highest BCUT2D eigenvalue weighted by atomic mass is 35.5. The minimum Gasteiger partial charge on any atom is -0.226 e. The molecule has 0 atom stereocenters. The van der Waals surface area contributed by atoms with Crippen LogP contribution in [0.15, 0.2) is 66.9 Å². The van der Waals surface area contributed by atoms with Crippen LogP contribution in [-0.4, -0.2) is 9.97 Å². The van der Waals surface area contributed by atoms with Gasteiger partial charge in [0.15, 0.2) is 0 Å². The average Bonchev–Trinajstić information content (AvgIpc) is 3.03. The summed E-state index contributed by atoms with van der Waals surface area (Å²) < 4.78 is 1.21. The zero-order valence-corrected chi connectivity index (χ0v) is 15.1. The van der Waals surface area contributed by atoms with Crippen LogP contribution in [0.5, 0.6) is 0 Å². The van der Waals surface area contributed by atoms with E-state index in [4.69, 9.17) is 11.6 Å². The van der Waals surface area contributed by atoms with Crippen LogP contribution in [0.2, 0.25) is 5.28 Å². The molecule has 6 aromatic rings. The van der Waals surface area contributed by atoms with Gasteiger partial charge in [-0.25, -0.2) is 9.97 Å². The number of halogens is 1. The van der Waals surface area contributed by atoms with Crippen LogP contribution in [0.1, 0.15) is 0 Å². The van der Waals surface area contributed by atoms with E-state index in [-0.39, 0.29) is 0 Å². The van der Waals surface area contributed by atoms with Crippen LogP contribution >= 0.6 is 22.9 Å². The first-order chi connectivity index (χ1) is 12.8. The van der Waals surface area contributed by atoms with Crippen LogP contribution in [0.25, 0.3) is 52.6 Å². The molecule has 0 fully saturated rings.